The van der Waals surface area contributed by atoms with E-state index in [4.69, 9.17) is 0 Å². The summed E-state index contributed by atoms with van der Waals surface area (Å²) in [6, 6.07) is 13.6. The van der Waals surface area contributed by atoms with E-state index in [-0.39, 0.29) is 28.5 Å². The fourth-order valence-corrected chi connectivity index (χ4v) is 3.13. The van der Waals surface area contributed by atoms with Crippen molar-refractivity contribution in [1.82, 2.24) is 5.32 Å². The first kappa shape index (κ1) is 15.9. The molecule has 21 heavy (non-hydrogen) atoms. The molecule has 2 aromatic rings. The van der Waals surface area contributed by atoms with Gasteiger partial charge < -0.3 is 15.5 Å². The molecule has 3 N–H and O–H groups in total. The minimum absolute atomic E-state index is 0. The zero-order chi connectivity index (χ0) is 14.1. The normalized spacial score (nSPS) is 21.0. The summed E-state index contributed by atoms with van der Waals surface area (Å²) >= 11 is 0. The number of hydrogen-bond donors (Lipinski definition) is 3. The molecule has 3 rings (SSSR count). The molecule has 112 valence electrons. The summed E-state index contributed by atoms with van der Waals surface area (Å²) in [5.41, 5.74) is 3.72. The minimum Gasteiger partial charge on any atom is -0.504 e. The Balaban J connectivity index is 0.00000161. The second kappa shape index (κ2) is 6.50. The Morgan fingerprint density at radius 2 is 1.67 bits per heavy atom. The van der Waals surface area contributed by atoms with Crippen molar-refractivity contribution in [3.05, 3.63) is 59.2 Å². The molecule has 0 radical (unpaired) electrons. The lowest BCUT2D eigenvalue weighted by molar-refractivity contribution is 0.402. The van der Waals surface area contributed by atoms with Gasteiger partial charge in [-0.15, -0.1) is 17.0 Å². The fraction of sp³-hybridized carbons (Fsp3) is 0.294. The van der Waals surface area contributed by atoms with Crippen molar-refractivity contribution in [2.75, 3.05) is 13.1 Å². The van der Waals surface area contributed by atoms with Gasteiger partial charge in [-0.3, -0.25) is 0 Å². The molecule has 1 fully saturated rings. The van der Waals surface area contributed by atoms with Crippen LogP contribution in [0.25, 0.3) is 0 Å². The number of phenols is 2. The van der Waals surface area contributed by atoms with Crippen LogP contribution in [0.4, 0.5) is 0 Å². The van der Waals surface area contributed by atoms with Crippen molar-refractivity contribution in [3.63, 3.8) is 0 Å². The first-order valence-corrected chi connectivity index (χ1v) is 6.95. The van der Waals surface area contributed by atoms with E-state index in [1.54, 1.807) is 12.1 Å². The molecule has 0 amide bonds. The molecule has 4 heteroatoms. The minimum atomic E-state index is -0.0628. The smallest absolute Gasteiger partial charge is 0.157 e. The fourth-order valence-electron chi connectivity index (χ4n) is 3.13. The number of aromatic hydroxyl groups is 2. The molecule has 1 aliphatic rings. The van der Waals surface area contributed by atoms with Gasteiger partial charge in [-0.25, -0.2) is 0 Å². The average molecular weight is 350 g/mol. The molecule has 1 heterocycles. The Bertz CT molecular complexity index is 630. The molecule has 0 aliphatic carbocycles. The molecular weight excluding hydrogens is 330 g/mol. The number of phenolic OH excluding ortho intramolecular Hbond substituents is 2. The number of halogens is 1. The van der Waals surface area contributed by atoms with E-state index in [2.05, 4.69) is 36.5 Å². The van der Waals surface area contributed by atoms with E-state index >= 15 is 0 Å². The van der Waals surface area contributed by atoms with Gasteiger partial charge in [0.1, 0.15) is 0 Å². The van der Waals surface area contributed by atoms with Crippen molar-refractivity contribution in [2.24, 2.45) is 0 Å². The highest BCUT2D eigenvalue weighted by Crippen LogP contribution is 2.39. The summed E-state index contributed by atoms with van der Waals surface area (Å²) in [6.07, 6.45) is 0. The third-order valence-corrected chi connectivity index (χ3v) is 4.23. The van der Waals surface area contributed by atoms with Crippen LogP contribution in [0.5, 0.6) is 11.5 Å². The summed E-state index contributed by atoms with van der Waals surface area (Å²) in [4.78, 5) is 0. The summed E-state index contributed by atoms with van der Waals surface area (Å²) < 4.78 is 0. The van der Waals surface area contributed by atoms with Gasteiger partial charge >= 0.3 is 0 Å². The van der Waals surface area contributed by atoms with Crippen molar-refractivity contribution >= 4 is 17.0 Å². The maximum atomic E-state index is 9.70. The molecule has 2 atom stereocenters. The van der Waals surface area contributed by atoms with E-state index in [1.807, 2.05) is 6.07 Å². The predicted molar refractivity (Wildman–Crippen MR) is 89.6 cm³/mol. The first-order chi connectivity index (χ1) is 9.66. The van der Waals surface area contributed by atoms with E-state index in [0.29, 0.717) is 11.8 Å². The molecule has 3 nitrogen and oxygen atoms in total. The highest BCUT2D eigenvalue weighted by molar-refractivity contribution is 8.93. The quantitative estimate of drug-likeness (QED) is 0.727. The van der Waals surface area contributed by atoms with Crippen molar-refractivity contribution in [1.29, 1.82) is 0 Å². The topological polar surface area (TPSA) is 52.5 Å². The lowest BCUT2D eigenvalue weighted by atomic mass is 9.82. The summed E-state index contributed by atoms with van der Waals surface area (Å²) in [7, 11) is 0. The predicted octanol–water partition coefficient (Wildman–Crippen LogP) is 3.45. The van der Waals surface area contributed by atoms with Crippen LogP contribution in [0, 0.1) is 6.92 Å². The largest absolute Gasteiger partial charge is 0.504 e. The molecular formula is C17H20BrNO2. The number of nitrogens with one attached hydrogen (secondary N) is 1. The molecule has 2 unspecified atom stereocenters. The van der Waals surface area contributed by atoms with E-state index < -0.39 is 0 Å². The second-order valence-electron chi connectivity index (χ2n) is 5.48. The van der Waals surface area contributed by atoms with Gasteiger partial charge in [0.15, 0.2) is 11.5 Å². The monoisotopic (exact) mass is 349 g/mol. The van der Waals surface area contributed by atoms with Gasteiger partial charge in [0.05, 0.1) is 0 Å². The molecule has 2 aromatic carbocycles. The Morgan fingerprint density at radius 1 is 0.952 bits per heavy atom. The second-order valence-corrected chi connectivity index (χ2v) is 5.48. The highest BCUT2D eigenvalue weighted by Gasteiger charge is 2.30. The van der Waals surface area contributed by atoms with Gasteiger partial charge in [0.2, 0.25) is 0 Å². The zero-order valence-corrected chi connectivity index (χ0v) is 13.6. The maximum absolute atomic E-state index is 9.70. The van der Waals surface area contributed by atoms with Gasteiger partial charge in [-0.05, 0) is 35.7 Å². The van der Waals surface area contributed by atoms with Gasteiger partial charge in [0.25, 0.3) is 0 Å². The number of aryl methyl sites for hydroxylation is 1. The lowest BCUT2D eigenvalue weighted by Crippen LogP contribution is -2.10. The lowest BCUT2D eigenvalue weighted by Gasteiger charge is -2.21. The van der Waals surface area contributed by atoms with E-state index in [1.165, 1.54) is 11.1 Å². The van der Waals surface area contributed by atoms with Crippen LogP contribution in [0.15, 0.2) is 42.5 Å². The molecule has 0 saturated carbocycles. The Kier molecular flexibility index (Phi) is 4.91. The SMILES string of the molecule is Br.Cc1ccccc1C1CNCC1c1ccc(O)c(O)c1. The van der Waals surface area contributed by atoms with Crippen LogP contribution < -0.4 is 5.32 Å². The average Bonchev–Trinajstić information content (AvgIpc) is 2.91. The van der Waals surface area contributed by atoms with Crippen LogP contribution in [-0.4, -0.2) is 23.3 Å². The van der Waals surface area contributed by atoms with Crippen molar-refractivity contribution < 1.29 is 10.2 Å². The van der Waals surface area contributed by atoms with E-state index in [0.717, 1.165) is 18.7 Å². The Labute approximate surface area is 135 Å². The zero-order valence-electron chi connectivity index (χ0n) is 11.9. The van der Waals surface area contributed by atoms with Crippen LogP contribution in [0.2, 0.25) is 0 Å². The molecule has 0 spiro atoms. The first-order valence-electron chi connectivity index (χ1n) is 6.95. The number of benzene rings is 2. The molecule has 1 aliphatic heterocycles. The third kappa shape index (κ3) is 3.06. The summed E-state index contributed by atoms with van der Waals surface area (Å²) in [5, 5.41) is 22.6. The highest BCUT2D eigenvalue weighted by atomic mass is 79.9. The third-order valence-electron chi connectivity index (χ3n) is 4.23. The van der Waals surface area contributed by atoms with Gasteiger partial charge in [0, 0.05) is 24.9 Å². The standard InChI is InChI=1S/C17H19NO2.BrH/c1-11-4-2-3-5-13(11)15-10-18-9-14(15)12-6-7-16(19)17(20)8-12;/h2-8,14-15,18-20H,9-10H2,1H3;1H. The molecule has 0 bridgehead atoms. The van der Waals surface area contributed by atoms with Gasteiger partial charge in [-0.1, -0.05) is 30.3 Å². The Hall–Kier alpha value is -1.52. The van der Waals surface area contributed by atoms with Crippen LogP contribution in [-0.2, 0) is 0 Å². The Morgan fingerprint density at radius 3 is 2.38 bits per heavy atom. The maximum Gasteiger partial charge on any atom is 0.157 e. The molecule has 0 aromatic heterocycles. The van der Waals surface area contributed by atoms with Crippen LogP contribution >= 0.6 is 17.0 Å². The summed E-state index contributed by atoms with van der Waals surface area (Å²) in [5.74, 6) is 0.618. The van der Waals surface area contributed by atoms with Crippen molar-refractivity contribution in [2.45, 2.75) is 18.8 Å². The van der Waals surface area contributed by atoms with Crippen LogP contribution in [0.1, 0.15) is 28.5 Å². The number of hydrogen-bond acceptors (Lipinski definition) is 3. The van der Waals surface area contributed by atoms with E-state index in [9.17, 15) is 10.2 Å². The van der Waals surface area contributed by atoms with Crippen molar-refractivity contribution in [3.8, 4) is 11.5 Å². The van der Waals surface area contributed by atoms with Gasteiger partial charge in [-0.2, -0.15) is 0 Å². The van der Waals surface area contributed by atoms with Crippen LogP contribution in [0.3, 0.4) is 0 Å². The summed E-state index contributed by atoms with van der Waals surface area (Å²) in [6.45, 7) is 3.97. The molecule has 1 saturated heterocycles. The number of rotatable bonds is 2.